The molecule has 1 amide bonds. The summed E-state index contributed by atoms with van der Waals surface area (Å²) in [5, 5.41) is 10.4. The van der Waals surface area contributed by atoms with E-state index >= 15 is 0 Å². The molecule has 2 aromatic rings. The lowest BCUT2D eigenvalue weighted by molar-refractivity contribution is -0.131. The highest BCUT2D eigenvalue weighted by Gasteiger charge is 2.34. The number of nitrogens with zero attached hydrogens (tertiary/aromatic N) is 6. The lowest BCUT2D eigenvalue weighted by atomic mass is 9.97. The van der Waals surface area contributed by atoms with Crippen LogP contribution in [0, 0.1) is 5.92 Å². The van der Waals surface area contributed by atoms with Gasteiger partial charge in [0.1, 0.15) is 0 Å². The maximum atomic E-state index is 12.7. The zero-order valence-electron chi connectivity index (χ0n) is 15.9. The molecular formula is C20H26N6O2. The van der Waals surface area contributed by atoms with Crippen molar-refractivity contribution in [2.24, 2.45) is 5.92 Å². The molecule has 1 N–H and O–H groups in total. The third-order valence-corrected chi connectivity index (χ3v) is 5.57. The SMILES string of the molecule is O=C(CN1CCN(c2ncccn2)CC1)N1C[C@@H](Cc2ccncc2)[C@@H](O)C1. The van der Waals surface area contributed by atoms with E-state index in [0.29, 0.717) is 19.6 Å². The van der Waals surface area contributed by atoms with Crippen LogP contribution in [0.2, 0.25) is 0 Å². The van der Waals surface area contributed by atoms with E-state index in [2.05, 4.69) is 24.8 Å². The van der Waals surface area contributed by atoms with Gasteiger partial charge in [0.2, 0.25) is 11.9 Å². The molecule has 28 heavy (non-hydrogen) atoms. The second-order valence-electron chi connectivity index (χ2n) is 7.50. The van der Waals surface area contributed by atoms with Crippen molar-refractivity contribution >= 4 is 11.9 Å². The molecule has 2 fully saturated rings. The van der Waals surface area contributed by atoms with Gasteiger partial charge in [0.15, 0.2) is 0 Å². The average Bonchev–Trinajstić information content (AvgIpc) is 3.10. The standard InChI is InChI=1S/C20H26N6O2/c27-18-14-26(13-17(18)12-16-2-6-21-7-3-16)19(28)15-24-8-10-25(11-9-24)20-22-4-1-5-23-20/h1-7,17-18,27H,8-15H2/t17-,18+/m1/s1. The van der Waals surface area contributed by atoms with E-state index in [4.69, 9.17) is 0 Å². The Morgan fingerprint density at radius 2 is 1.75 bits per heavy atom. The van der Waals surface area contributed by atoms with Crippen molar-refractivity contribution in [3.63, 3.8) is 0 Å². The average molecular weight is 382 g/mol. The Bertz CT molecular complexity index is 767. The van der Waals surface area contributed by atoms with Gasteiger partial charge in [-0.15, -0.1) is 0 Å². The van der Waals surface area contributed by atoms with Crippen LogP contribution in [0.15, 0.2) is 43.0 Å². The van der Waals surface area contributed by atoms with Gasteiger partial charge >= 0.3 is 0 Å². The lowest BCUT2D eigenvalue weighted by Gasteiger charge is -2.34. The molecular weight excluding hydrogens is 356 g/mol. The maximum Gasteiger partial charge on any atom is 0.236 e. The van der Waals surface area contributed by atoms with Crippen molar-refractivity contribution in [3.8, 4) is 0 Å². The van der Waals surface area contributed by atoms with Gasteiger partial charge in [-0.1, -0.05) is 0 Å². The molecule has 0 unspecified atom stereocenters. The number of rotatable bonds is 5. The summed E-state index contributed by atoms with van der Waals surface area (Å²) in [5.74, 6) is 0.925. The molecule has 8 heteroatoms. The number of hydrogen-bond donors (Lipinski definition) is 1. The monoisotopic (exact) mass is 382 g/mol. The molecule has 4 rings (SSSR count). The van der Waals surface area contributed by atoms with E-state index in [9.17, 15) is 9.90 Å². The van der Waals surface area contributed by atoms with Crippen LogP contribution in [0.4, 0.5) is 5.95 Å². The number of aliphatic hydroxyl groups is 1. The highest BCUT2D eigenvalue weighted by atomic mass is 16.3. The van der Waals surface area contributed by atoms with Crippen molar-refractivity contribution in [3.05, 3.63) is 48.5 Å². The zero-order chi connectivity index (χ0) is 19.3. The highest BCUT2D eigenvalue weighted by Crippen LogP contribution is 2.22. The Morgan fingerprint density at radius 3 is 2.46 bits per heavy atom. The van der Waals surface area contributed by atoms with E-state index < -0.39 is 6.10 Å². The first-order valence-electron chi connectivity index (χ1n) is 9.78. The largest absolute Gasteiger partial charge is 0.391 e. The van der Waals surface area contributed by atoms with Crippen LogP contribution in [0.3, 0.4) is 0 Å². The van der Waals surface area contributed by atoms with Gasteiger partial charge in [0, 0.05) is 70.0 Å². The first-order valence-corrected chi connectivity index (χ1v) is 9.78. The molecule has 0 radical (unpaired) electrons. The Hall–Kier alpha value is -2.58. The fraction of sp³-hybridized carbons (Fsp3) is 0.500. The molecule has 0 saturated carbocycles. The number of carbonyl (C=O) groups is 1. The minimum atomic E-state index is -0.468. The van der Waals surface area contributed by atoms with E-state index in [1.807, 2.05) is 23.1 Å². The number of β-amino-alcohol motifs (C(OH)–C–C–N with tert-alkyl or cyclic N) is 1. The third-order valence-electron chi connectivity index (χ3n) is 5.57. The van der Waals surface area contributed by atoms with Crippen LogP contribution in [0.1, 0.15) is 5.56 Å². The molecule has 2 aromatic heterocycles. The van der Waals surface area contributed by atoms with Gasteiger partial charge in [-0.05, 0) is 30.2 Å². The third kappa shape index (κ3) is 4.45. The molecule has 8 nitrogen and oxygen atoms in total. The number of anilines is 1. The van der Waals surface area contributed by atoms with Crippen LogP contribution in [-0.2, 0) is 11.2 Å². The van der Waals surface area contributed by atoms with Crippen molar-refractivity contribution in [2.45, 2.75) is 12.5 Å². The first kappa shape index (κ1) is 18.8. The minimum absolute atomic E-state index is 0.0819. The first-order chi connectivity index (χ1) is 13.7. The Kier molecular flexibility index (Phi) is 5.78. The summed E-state index contributed by atoms with van der Waals surface area (Å²) in [4.78, 5) is 31.5. The van der Waals surface area contributed by atoms with Gasteiger partial charge in [0.25, 0.3) is 0 Å². The molecule has 0 spiro atoms. The molecule has 148 valence electrons. The predicted molar refractivity (Wildman–Crippen MR) is 105 cm³/mol. The van der Waals surface area contributed by atoms with Crippen LogP contribution >= 0.6 is 0 Å². The van der Waals surface area contributed by atoms with Crippen LogP contribution in [0.25, 0.3) is 0 Å². The van der Waals surface area contributed by atoms with E-state index in [0.717, 1.165) is 44.1 Å². The number of pyridine rings is 1. The summed E-state index contributed by atoms with van der Waals surface area (Å²) >= 11 is 0. The summed E-state index contributed by atoms with van der Waals surface area (Å²) in [6.45, 7) is 4.67. The summed E-state index contributed by atoms with van der Waals surface area (Å²) in [7, 11) is 0. The molecule has 0 bridgehead atoms. The molecule has 4 heterocycles. The van der Waals surface area contributed by atoms with Crippen molar-refractivity contribution in [1.29, 1.82) is 0 Å². The lowest BCUT2D eigenvalue weighted by Crippen LogP contribution is -2.50. The Morgan fingerprint density at radius 1 is 1.04 bits per heavy atom. The number of piperazine rings is 1. The Balaban J connectivity index is 1.25. The molecule has 0 aliphatic carbocycles. The van der Waals surface area contributed by atoms with Crippen molar-refractivity contribution in [2.75, 3.05) is 50.7 Å². The summed E-state index contributed by atoms with van der Waals surface area (Å²) < 4.78 is 0. The second-order valence-corrected chi connectivity index (χ2v) is 7.50. The van der Waals surface area contributed by atoms with Gasteiger partial charge < -0.3 is 14.9 Å². The summed E-state index contributed by atoms with van der Waals surface area (Å²) in [6, 6.07) is 5.74. The highest BCUT2D eigenvalue weighted by molar-refractivity contribution is 5.78. The maximum absolute atomic E-state index is 12.7. The molecule has 2 saturated heterocycles. The van der Waals surface area contributed by atoms with Gasteiger partial charge in [-0.3, -0.25) is 14.7 Å². The van der Waals surface area contributed by atoms with Crippen molar-refractivity contribution < 1.29 is 9.90 Å². The van der Waals surface area contributed by atoms with Gasteiger partial charge in [0.05, 0.1) is 12.6 Å². The number of amides is 1. The van der Waals surface area contributed by atoms with E-state index in [1.54, 1.807) is 24.8 Å². The van der Waals surface area contributed by atoms with E-state index in [1.165, 1.54) is 0 Å². The fourth-order valence-electron chi connectivity index (χ4n) is 3.93. The second kappa shape index (κ2) is 8.62. The summed E-state index contributed by atoms with van der Waals surface area (Å²) in [5.41, 5.74) is 1.15. The number of hydrogen-bond acceptors (Lipinski definition) is 7. The summed E-state index contributed by atoms with van der Waals surface area (Å²) in [6.07, 6.45) is 7.32. The topological polar surface area (TPSA) is 85.7 Å². The van der Waals surface area contributed by atoms with Crippen LogP contribution in [-0.4, -0.2) is 87.7 Å². The van der Waals surface area contributed by atoms with E-state index in [-0.39, 0.29) is 11.8 Å². The smallest absolute Gasteiger partial charge is 0.236 e. The van der Waals surface area contributed by atoms with Crippen LogP contribution in [0.5, 0.6) is 0 Å². The molecule has 2 atom stereocenters. The predicted octanol–water partition coefficient (Wildman–Crippen LogP) is 0.0556. The molecule has 2 aliphatic heterocycles. The zero-order valence-corrected chi connectivity index (χ0v) is 15.9. The van der Waals surface area contributed by atoms with Crippen LogP contribution < -0.4 is 4.90 Å². The van der Waals surface area contributed by atoms with Gasteiger partial charge in [-0.2, -0.15) is 0 Å². The molecule has 0 aromatic carbocycles. The number of aromatic nitrogens is 3. The minimum Gasteiger partial charge on any atom is -0.391 e. The normalized spacial score (nSPS) is 23.2. The number of carbonyl (C=O) groups excluding carboxylic acids is 1. The quantitative estimate of drug-likeness (QED) is 0.782. The van der Waals surface area contributed by atoms with Crippen molar-refractivity contribution in [1.82, 2.24) is 24.8 Å². The number of likely N-dealkylation sites (tertiary alicyclic amines) is 1. The number of aliphatic hydroxyl groups excluding tert-OH is 1. The Labute approximate surface area is 164 Å². The molecule has 2 aliphatic rings. The fourth-order valence-corrected chi connectivity index (χ4v) is 3.93. The van der Waals surface area contributed by atoms with Gasteiger partial charge in [-0.25, -0.2) is 9.97 Å².